The van der Waals surface area contributed by atoms with Gasteiger partial charge in [-0.15, -0.1) is 0 Å². The number of Topliss-reactive ketones (excluding diaryl/α,β-unsaturated/α-hetero) is 1. The first kappa shape index (κ1) is 12.4. The lowest BCUT2D eigenvalue weighted by molar-refractivity contribution is -0.124. The lowest BCUT2D eigenvalue weighted by atomic mass is 10.1. The van der Waals surface area contributed by atoms with E-state index < -0.39 is 6.10 Å². The van der Waals surface area contributed by atoms with Crippen molar-refractivity contribution in [3.63, 3.8) is 0 Å². The van der Waals surface area contributed by atoms with Gasteiger partial charge < -0.3 is 10.4 Å². The molecule has 86 valence electrons. The largest absolute Gasteiger partial charge is 0.389 e. The van der Waals surface area contributed by atoms with Crippen LogP contribution in [0.5, 0.6) is 0 Å². The maximum atomic E-state index is 11.4. The maximum Gasteiger partial charge on any atom is 0.231 e. The number of carbonyl (C=O) groups excluding carboxylic acids is 2. The first-order valence-electron chi connectivity index (χ1n) is 5.07. The number of para-hydroxylation sites is 1. The summed E-state index contributed by atoms with van der Waals surface area (Å²) >= 11 is 0. The number of hydrogen-bond donors (Lipinski definition) is 2. The molecule has 1 atom stereocenters. The number of ketones is 1. The van der Waals surface area contributed by atoms with Crippen LogP contribution in [-0.4, -0.2) is 16.8 Å². The molecule has 0 spiro atoms. The molecule has 1 amide bonds. The third-order valence-corrected chi connectivity index (χ3v) is 2.09. The van der Waals surface area contributed by atoms with Crippen LogP contribution in [0.15, 0.2) is 24.3 Å². The molecule has 0 aliphatic heterocycles. The van der Waals surface area contributed by atoms with Crippen molar-refractivity contribution in [3.8, 4) is 0 Å². The van der Waals surface area contributed by atoms with Crippen molar-refractivity contribution in [2.45, 2.75) is 26.4 Å². The second-order valence-electron chi connectivity index (χ2n) is 3.69. The van der Waals surface area contributed by atoms with E-state index in [1.807, 2.05) is 0 Å². The van der Waals surface area contributed by atoms with E-state index in [9.17, 15) is 14.7 Å². The molecular weight excluding hydrogens is 206 g/mol. The van der Waals surface area contributed by atoms with Crippen molar-refractivity contribution in [1.29, 1.82) is 0 Å². The maximum absolute atomic E-state index is 11.4. The molecule has 1 aromatic rings. The SMILES string of the molecule is CC(=O)CC(=O)Nc1ccccc1C(C)O. The number of aliphatic hydroxyl groups is 1. The van der Waals surface area contributed by atoms with Crippen LogP contribution < -0.4 is 5.32 Å². The van der Waals surface area contributed by atoms with E-state index >= 15 is 0 Å². The van der Waals surface area contributed by atoms with Crippen molar-refractivity contribution < 1.29 is 14.7 Å². The van der Waals surface area contributed by atoms with Gasteiger partial charge in [0.05, 0.1) is 12.5 Å². The number of nitrogens with one attached hydrogen (secondary N) is 1. The van der Waals surface area contributed by atoms with Crippen LogP contribution in [0.3, 0.4) is 0 Å². The first-order chi connectivity index (χ1) is 7.50. The third kappa shape index (κ3) is 3.47. The number of rotatable bonds is 4. The fourth-order valence-corrected chi connectivity index (χ4v) is 1.40. The van der Waals surface area contributed by atoms with Gasteiger partial charge in [-0.2, -0.15) is 0 Å². The number of aliphatic hydroxyl groups excluding tert-OH is 1. The Hall–Kier alpha value is -1.68. The molecule has 0 heterocycles. The van der Waals surface area contributed by atoms with E-state index in [1.54, 1.807) is 31.2 Å². The average Bonchev–Trinajstić information content (AvgIpc) is 2.16. The minimum Gasteiger partial charge on any atom is -0.389 e. The normalized spacial score (nSPS) is 11.9. The minimum atomic E-state index is -0.658. The zero-order valence-electron chi connectivity index (χ0n) is 9.36. The number of carbonyl (C=O) groups is 2. The summed E-state index contributed by atoms with van der Waals surface area (Å²) in [7, 11) is 0. The molecule has 0 saturated carbocycles. The molecule has 0 bridgehead atoms. The van der Waals surface area contributed by atoms with Crippen LogP contribution in [-0.2, 0) is 9.59 Å². The second kappa shape index (κ2) is 5.42. The standard InChI is InChI=1S/C12H15NO3/c1-8(14)7-12(16)13-11-6-4-3-5-10(11)9(2)15/h3-6,9,15H,7H2,1-2H3,(H,13,16). The minimum absolute atomic E-state index is 0.145. The fraction of sp³-hybridized carbons (Fsp3) is 0.333. The zero-order chi connectivity index (χ0) is 12.1. The Balaban J connectivity index is 2.80. The van der Waals surface area contributed by atoms with Crippen molar-refractivity contribution in [1.82, 2.24) is 0 Å². The molecule has 1 aromatic carbocycles. The summed E-state index contributed by atoms with van der Waals surface area (Å²) in [5, 5.41) is 12.1. The Morgan fingerprint density at radius 3 is 2.56 bits per heavy atom. The number of anilines is 1. The summed E-state index contributed by atoms with van der Waals surface area (Å²) < 4.78 is 0. The Morgan fingerprint density at radius 2 is 2.00 bits per heavy atom. The molecular formula is C12H15NO3. The van der Waals surface area contributed by atoms with Gasteiger partial charge in [0.15, 0.2) is 0 Å². The molecule has 0 radical (unpaired) electrons. The van der Waals surface area contributed by atoms with Gasteiger partial charge in [-0.1, -0.05) is 18.2 Å². The predicted molar refractivity (Wildman–Crippen MR) is 61.0 cm³/mol. The molecule has 1 unspecified atom stereocenters. The van der Waals surface area contributed by atoms with Crippen molar-refractivity contribution in [2.24, 2.45) is 0 Å². The Kier molecular flexibility index (Phi) is 4.19. The summed E-state index contributed by atoms with van der Waals surface area (Å²) in [6.45, 7) is 2.98. The highest BCUT2D eigenvalue weighted by Gasteiger charge is 2.10. The summed E-state index contributed by atoms with van der Waals surface area (Å²) in [6, 6.07) is 6.96. The molecule has 2 N–H and O–H groups in total. The summed E-state index contributed by atoms with van der Waals surface area (Å²) in [5.74, 6) is -0.548. The van der Waals surface area contributed by atoms with Crippen LogP contribution in [0.4, 0.5) is 5.69 Å². The van der Waals surface area contributed by atoms with Crippen LogP contribution >= 0.6 is 0 Å². The average molecular weight is 221 g/mol. The highest BCUT2D eigenvalue weighted by Crippen LogP contribution is 2.22. The van der Waals surface area contributed by atoms with Gasteiger partial charge >= 0.3 is 0 Å². The van der Waals surface area contributed by atoms with E-state index in [-0.39, 0.29) is 18.1 Å². The molecule has 0 fully saturated rings. The number of benzene rings is 1. The zero-order valence-corrected chi connectivity index (χ0v) is 9.36. The lowest BCUT2D eigenvalue weighted by Crippen LogP contribution is -2.16. The van der Waals surface area contributed by atoms with E-state index in [1.165, 1.54) is 6.92 Å². The first-order valence-corrected chi connectivity index (χ1v) is 5.07. The molecule has 4 heteroatoms. The molecule has 0 aromatic heterocycles. The van der Waals surface area contributed by atoms with Crippen molar-refractivity contribution >= 4 is 17.4 Å². The topological polar surface area (TPSA) is 66.4 Å². The van der Waals surface area contributed by atoms with Gasteiger partial charge in [-0.3, -0.25) is 9.59 Å². The summed E-state index contributed by atoms with van der Waals surface area (Å²) in [6.07, 6.45) is -0.803. The molecule has 0 aliphatic rings. The Morgan fingerprint density at radius 1 is 1.38 bits per heavy atom. The Bertz CT molecular complexity index is 399. The lowest BCUT2D eigenvalue weighted by Gasteiger charge is -2.12. The summed E-state index contributed by atoms with van der Waals surface area (Å²) in [5.41, 5.74) is 1.18. The molecule has 0 saturated heterocycles. The molecule has 0 aliphatic carbocycles. The summed E-state index contributed by atoms with van der Waals surface area (Å²) in [4.78, 5) is 22.1. The van der Waals surface area contributed by atoms with Gasteiger partial charge in [-0.05, 0) is 19.9 Å². The quantitative estimate of drug-likeness (QED) is 0.760. The van der Waals surface area contributed by atoms with E-state index in [0.29, 0.717) is 11.3 Å². The van der Waals surface area contributed by atoms with Crippen LogP contribution in [0.1, 0.15) is 31.9 Å². The van der Waals surface area contributed by atoms with E-state index in [4.69, 9.17) is 0 Å². The second-order valence-corrected chi connectivity index (χ2v) is 3.69. The van der Waals surface area contributed by atoms with Gasteiger partial charge in [0.25, 0.3) is 0 Å². The van der Waals surface area contributed by atoms with E-state index in [2.05, 4.69) is 5.32 Å². The molecule has 1 rings (SSSR count). The third-order valence-electron chi connectivity index (χ3n) is 2.09. The van der Waals surface area contributed by atoms with Crippen LogP contribution in [0.25, 0.3) is 0 Å². The van der Waals surface area contributed by atoms with Gasteiger partial charge in [-0.25, -0.2) is 0 Å². The number of hydrogen-bond acceptors (Lipinski definition) is 3. The van der Waals surface area contributed by atoms with Gasteiger partial charge in [0, 0.05) is 11.3 Å². The number of amides is 1. The molecule has 4 nitrogen and oxygen atoms in total. The van der Waals surface area contributed by atoms with E-state index in [0.717, 1.165) is 0 Å². The van der Waals surface area contributed by atoms with Crippen molar-refractivity contribution in [2.75, 3.05) is 5.32 Å². The van der Waals surface area contributed by atoms with Gasteiger partial charge in [0.1, 0.15) is 5.78 Å². The van der Waals surface area contributed by atoms with Crippen LogP contribution in [0, 0.1) is 0 Å². The highest BCUT2D eigenvalue weighted by molar-refractivity contribution is 6.03. The fourth-order valence-electron chi connectivity index (χ4n) is 1.40. The Labute approximate surface area is 94.3 Å². The highest BCUT2D eigenvalue weighted by atomic mass is 16.3. The predicted octanol–water partition coefficient (Wildman–Crippen LogP) is 1.66. The monoisotopic (exact) mass is 221 g/mol. The van der Waals surface area contributed by atoms with Gasteiger partial charge in [0.2, 0.25) is 5.91 Å². The molecule has 16 heavy (non-hydrogen) atoms. The smallest absolute Gasteiger partial charge is 0.231 e. The van der Waals surface area contributed by atoms with Crippen molar-refractivity contribution in [3.05, 3.63) is 29.8 Å². The van der Waals surface area contributed by atoms with Crippen LogP contribution in [0.2, 0.25) is 0 Å².